The first-order chi connectivity index (χ1) is 8.22. The van der Waals surface area contributed by atoms with Crippen molar-refractivity contribution in [3.05, 3.63) is 28.8 Å². The average molecular weight is 254 g/mol. The maximum Gasteiger partial charge on any atom is 0.152 e. The van der Waals surface area contributed by atoms with Gasteiger partial charge in [0.25, 0.3) is 0 Å². The fourth-order valence-electron chi connectivity index (χ4n) is 2.16. The third-order valence-corrected chi connectivity index (χ3v) is 3.22. The van der Waals surface area contributed by atoms with Gasteiger partial charge < -0.3 is 9.64 Å². The molecule has 1 aromatic carbocycles. The van der Waals surface area contributed by atoms with Gasteiger partial charge in [0.2, 0.25) is 0 Å². The van der Waals surface area contributed by atoms with Crippen molar-refractivity contribution in [2.45, 2.75) is 19.4 Å². The summed E-state index contributed by atoms with van der Waals surface area (Å²) in [6.07, 6.45) is 1.97. The van der Waals surface area contributed by atoms with Crippen LogP contribution in [0, 0.1) is 0 Å². The fourth-order valence-corrected chi connectivity index (χ4v) is 2.46. The van der Waals surface area contributed by atoms with E-state index in [-0.39, 0.29) is 6.10 Å². The number of nitrogens with zero attached hydrogens (tertiary/aromatic N) is 1. The Hall–Kier alpha value is -1.06. The topological polar surface area (TPSA) is 29.5 Å². The lowest BCUT2D eigenvalue weighted by molar-refractivity contribution is 0.0820. The summed E-state index contributed by atoms with van der Waals surface area (Å²) in [6, 6.07) is 5.41. The number of rotatable bonds is 2. The third-order valence-electron chi connectivity index (χ3n) is 2.91. The Kier molecular flexibility index (Phi) is 4.02. The van der Waals surface area contributed by atoms with E-state index < -0.39 is 0 Å². The Bertz CT molecular complexity index is 408. The van der Waals surface area contributed by atoms with Crippen LogP contribution in [0.2, 0.25) is 5.02 Å². The number of hydrogen-bond acceptors (Lipinski definition) is 3. The monoisotopic (exact) mass is 253 g/mol. The van der Waals surface area contributed by atoms with Crippen LogP contribution in [-0.2, 0) is 4.74 Å². The Morgan fingerprint density at radius 3 is 3.12 bits per heavy atom. The minimum atomic E-state index is 0.160. The Morgan fingerprint density at radius 1 is 1.53 bits per heavy atom. The van der Waals surface area contributed by atoms with Gasteiger partial charge in [-0.2, -0.15) is 0 Å². The summed E-state index contributed by atoms with van der Waals surface area (Å²) in [5.41, 5.74) is 1.48. The molecule has 1 fully saturated rings. The van der Waals surface area contributed by atoms with Gasteiger partial charge in [-0.3, -0.25) is 4.79 Å². The summed E-state index contributed by atoms with van der Waals surface area (Å²) in [7, 11) is 0. The van der Waals surface area contributed by atoms with Gasteiger partial charge in [0, 0.05) is 25.3 Å². The van der Waals surface area contributed by atoms with Gasteiger partial charge in [0.1, 0.15) is 0 Å². The predicted molar refractivity (Wildman–Crippen MR) is 69.1 cm³/mol. The minimum absolute atomic E-state index is 0.160. The molecule has 1 unspecified atom stereocenters. The Labute approximate surface area is 106 Å². The average Bonchev–Trinajstić information content (AvgIpc) is 2.53. The molecule has 0 bridgehead atoms. The van der Waals surface area contributed by atoms with Crippen molar-refractivity contribution in [2.75, 3.05) is 24.6 Å². The van der Waals surface area contributed by atoms with Crippen LogP contribution in [0.4, 0.5) is 5.69 Å². The molecule has 0 amide bonds. The first-order valence-electron chi connectivity index (χ1n) is 5.82. The lowest BCUT2D eigenvalue weighted by Crippen LogP contribution is -2.31. The number of para-hydroxylation sites is 1. The molecule has 1 aliphatic rings. The number of ether oxygens (including phenoxy) is 1. The van der Waals surface area contributed by atoms with Crippen LogP contribution in [0.25, 0.3) is 0 Å². The summed E-state index contributed by atoms with van der Waals surface area (Å²) in [5.74, 6) is 0. The van der Waals surface area contributed by atoms with E-state index in [9.17, 15) is 4.79 Å². The molecule has 0 spiro atoms. The summed E-state index contributed by atoms with van der Waals surface area (Å²) in [5, 5.41) is 0.628. The van der Waals surface area contributed by atoms with Crippen LogP contribution < -0.4 is 4.90 Å². The molecule has 0 N–H and O–H groups in total. The molecule has 0 aliphatic carbocycles. The Balaban J connectivity index is 2.34. The van der Waals surface area contributed by atoms with Gasteiger partial charge in [-0.05, 0) is 25.5 Å². The van der Waals surface area contributed by atoms with Gasteiger partial charge in [0.15, 0.2) is 6.29 Å². The number of aldehydes is 1. The lowest BCUT2D eigenvalue weighted by Gasteiger charge is -2.26. The second-order valence-corrected chi connectivity index (χ2v) is 4.68. The van der Waals surface area contributed by atoms with E-state index in [1.54, 1.807) is 12.1 Å². The highest BCUT2D eigenvalue weighted by atomic mass is 35.5. The van der Waals surface area contributed by atoms with E-state index in [1.165, 1.54) is 0 Å². The van der Waals surface area contributed by atoms with E-state index in [1.807, 2.05) is 13.0 Å². The first-order valence-corrected chi connectivity index (χ1v) is 6.20. The second kappa shape index (κ2) is 5.52. The summed E-state index contributed by atoms with van der Waals surface area (Å²) in [4.78, 5) is 13.2. The van der Waals surface area contributed by atoms with Crippen molar-refractivity contribution in [3.63, 3.8) is 0 Å². The maximum absolute atomic E-state index is 11.1. The number of hydrogen-bond donors (Lipinski definition) is 0. The Morgan fingerprint density at radius 2 is 2.35 bits per heavy atom. The molecule has 1 heterocycles. The van der Waals surface area contributed by atoms with Gasteiger partial charge in [0.05, 0.1) is 16.8 Å². The number of anilines is 1. The molecule has 1 aromatic rings. The molecule has 0 radical (unpaired) electrons. The summed E-state index contributed by atoms with van der Waals surface area (Å²) in [6.45, 7) is 4.44. The number of benzene rings is 1. The fraction of sp³-hybridized carbons (Fsp3) is 0.462. The summed E-state index contributed by atoms with van der Waals surface area (Å²) < 4.78 is 5.59. The van der Waals surface area contributed by atoms with Gasteiger partial charge in [-0.15, -0.1) is 0 Å². The number of carbonyl (C=O) groups excluding carboxylic acids is 1. The van der Waals surface area contributed by atoms with Crippen LogP contribution in [0.15, 0.2) is 18.2 Å². The van der Waals surface area contributed by atoms with E-state index >= 15 is 0 Å². The first kappa shape index (κ1) is 12.4. The van der Waals surface area contributed by atoms with Crippen molar-refractivity contribution < 1.29 is 9.53 Å². The maximum atomic E-state index is 11.1. The largest absolute Gasteiger partial charge is 0.377 e. The number of halogens is 1. The van der Waals surface area contributed by atoms with Crippen LogP contribution in [0.1, 0.15) is 23.7 Å². The summed E-state index contributed by atoms with van der Waals surface area (Å²) >= 11 is 6.20. The van der Waals surface area contributed by atoms with Crippen molar-refractivity contribution >= 4 is 23.6 Å². The van der Waals surface area contributed by atoms with Crippen LogP contribution in [0.5, 0.6) is 0 Å². The van der Waals surface area contributed by atoms with E-state index in [2.05, 4.69) is 4.90 Å². The van der Waals surface area contributed by atoms with E-state index in [0.717, 1.165) is 38.1 Å². The minimum Gasteiger partial charge on any atom is -0.377 e. The lowest BCUT2D eigenvalue weighted by atomic mass is 10.1. The predicted octanol–water partition coefficient (Wildman–Crippen LogP) is 2.77. The molecular weight excluding hydrogens is 238 g/mol. The zero-order chi connectivity index (χ0) is 12.3. The van der Waals surface area contributed by atoms with Crippen LogP contribution in [-0.4, -0.2) is 32.1 Å². The molecule has 3 nitrogen and oxygen atoms in total. The molecule has 1 aliphatic heterocycles. The highest BCUT2D eigenvalue weighted by molar-refractivity contribution is 6.33. The molecule has 1 saturated heterocycles. The second-order valence-electron chi connectivity index (χ2n) is 4.28. The smallest absolute Gasteiger partial charge is 0.152 e. The van der Waals surface area contributed by atoms with Gasteiger partial charge in [-0.25, -0.2) is 0 Å². The van der Waals surface area contributed by atoms with Crippen molar-refractivity contribution in [3.8, 4) is 0 Å². The van der Waals surface area contributed by atoms with Crippen molar-refractivity contribution in [1.29, 1.82) is 0 Å². The van der Waals surface area contributed by atoms with E-state index in [4.69, 9.17) is 16.3 Å². The molecule has 0 saturated carbocycles. The molecule has 1 atom stereocenters. The molecule has 17 heavy (non-hydrogen) atoms. The standard InChI is InChI=1S/C13H16ClNO2/c1-10-8-15(6-3-7-17-10)13-11(9-16)4-2-5-12(13)14/h2,4-5,9-10H,3,6-8H2,1H3. The van der Waals surface area contributed by atoms with E-state index in [0.29, 0.717) is 10.6 Å². The zero-order valence-corrected chi connectivity index (χ0v) is 10.6. The zero-order valence-electron chi connectivity index (χ0n) is 9.86. The molecule has 0 aromatic heterocycles. The van der Waals surface area contributed by atoms with Crippen molar-refractivity contribution in [2.24, 2.45) is 0 Å². The van der Waals surface area contributed by atoms with Crippen molar-refractivity contribution in [1.82, 2.24) is 0 Å². The molecular formula is C13H16ClNO2. The highest BCUT2D eigenvalue weighted by Gasteiger charge is 2.19. The highest BCUT2D eigenvalue weighted by Crippen LogP contribution is 2.30. The molecule has 2 rings (SSSR count). The van der Waals surface area contributed by atoms with Gasteiger partial charge >= 0.3 is 0 Å². The quantitative estimate of drug-likeness (QED) is 0.759. The third kappa shape index (κ3) is 2.79. The number of carbonyl (C=O) groups is 1. The van der Waals surface area contributed by atoms with Crippen LogP contribution in [0.3, 0.4) is 0 Å². The normalized spacial score (nSPS) is 21.1. The SMILES string of the molecule is CC1CN(c2c(Cl)cccc2C=O)CCCO1. The van der Waals surface area contributed by atoms with Gasteiger partial charge in [-0.1, -0.05) is 17.7 Å². The molecule has 4 heteroatoms. The molecule has 92 valence electrons. The van der Waals surface area contributed by atoms with Crippen LogP contribution >= 0.6 is 11.6 Å².